The Kier molecular flexibility index (Phi) is 6.11. The molecular weight excluding hydrogens is 392 g/mol. The zero-order valence-corrected chi connectivity index (χ0v) is 18.2. The second kappa shape index (κ2) is 9.12. The van der Waals surface area contributed by atoms with Gasteiger partial charge in [-0.3, -0.25) is 9.89 Å². The summed E-state index contributed by atoms with van der Waals surface area (Å²) in [5.74, 6) is 1.68. The summed E-state index contributed by atoms with van der Waals surface area (Å²) >= 11 is 0. The molecule has 1 aromatic heterocycles. The van der Waals surface area contributed by atoms with Crippen LogP contribution in [0.5, 0.6) is 11.5 Å². The minimum atomic E-state index is 0.0708. The maximum absolute atomic E-state index is 13.0. The van der Waals surface area contributed by atoms with Crippen LogP contribution in [0.1, 0.15) is 34.1 Å². The fraction of sp³-hybridized carbons (Fsp3) is 0.333. The van der Waals surface area contributed by atoms with Crippen LogP contribution in [0.25, 0.3) is 0 Å². The van der Waals surface area contributed by atoms with Crippen LogP contribution in [0.2, 0.25) is 0 Å². The normalized spacial score (nSPS) is 15.7. The number of anilines is 1. The number of hydrogen-bond acceptors (Lipinski definition) is 5. The maximum atomic E-state index is 13.0. The van der Waals surface area contributed by atoms with E-state index < -0.39 is 0 Å². The summed E-state index contributed by atoms with van der Waals surface area (Å²) in [6.45, 7) is 1.78. The van der Waals surface area contributed by atoms with Gasteiger partial charge in [-0.15, -0.1) is 0 Å². The summed E-state index contributed by atoms with van der Waals surface area (Å²) in [5.41, 5.74) is 3.61. The van der Waals surface area contributed by atoms with E-state index in [0.29, 0.717) is 24.7 Å². The molecule has 1 amide bonds. The van der Waals surface area contributed by atoms with Gasteiger partial charge in [0.05, 0.1) is 18.5 Å². The van der Waals surface area contributed by atoms with Gasteiger partial charge in [0, 0.05) is 44.4 Å². The molecule has 0 bridgehead atoms. The van der Waals surface area contributed by atoms with Crippen LogP contribution < -0.4 is 14.4 Å². The average Bonchev–Trinajstić information content (AvgIpc) is 3.47. The largest absolute Gasteiger partial charge is 0.493 e. The summed E-state index contributed by atoms with van der Waals surface area (Å²) in [7, 11) is 5.57. The highest BCUT2D eigenvalue weighted by molar-refractivity contribution is 5.95. The molecule has 0 saturated carbocycles. The molecule has 1 unspecified atom stereocenters. The number of nitrogens with zero attached hydrogens (tertiary/aromatic N) is 3. The van der Waals surface area contributed by atoms with Gasteiger partial charge in [-0.1, -0.05) is 18.2 Å². The number of ether oxygens (including phenoxy) is 2. The Morgan fingerprint density at radius 3 is 2.74 bits per heavy atom. The van der Waals surface area contributed by atoms with E-state index in [1.807, 2.05) is 78.5 Å². The number of rotatable bonds is 7. The Morgan fingerprint density at radius 1 is 1.16 bits per heavy atom. The van der Waals surface area contributed by atoms with Gasteiger partial charge in [0.15, 0.2) is 11.5 Å². The van der Waals surface area contributed by atoms with Crippen LogP contribution in [-0.4, -0.2) is 55.3 Å². The third-order valence-electron chi connectivity index (χ3n) is 5.61. The number of aromatic amines is 1. The molecular formula is C24H28N4O3. The lowest BCUT2D eigenvalue weighted by Crippen LogP contribution is -2.28. The monoisotopic (exact) mass is 420 g/mol. The first-order valence-electron chi connectivity index (χ1n) is 10.4. The fourth-order valence-corrected chi connectivity index (χ4v) is 3.84. The number of nitrogens with one attached hydrogen (secondary N) is 1. The molecule has 1 saturated heterocycles. The predicted octanol–water partition coefficient (Wildman–Crippen LogP) is 3.69. The first kappa shape index (κ1) is 20.8. The Hall–Kier alpha value is -3.48. The highest BCUT2D eigenvalue weighted by Crippen LogP contribution is 2.29. The van der Waals surface area contributed by atoms with Crippen molar-refractivity contribution in [3.05, 3.63) is 71.5 Å². The van der Waals surface area contributed by atoms with E-state index in [1.54, 1.807) is 7.11 Å². The van der Waals surface area contributed by atoms with Gasteiger partial charge in [0.1, 0.15) is 6.61 Å². The number of para-hydroxylation sites is 2. The molecule has 7 nitrogen and oxygen atoms in total. The van der Waals surface area contributed by atoms with Gasteiger partial charge in [0.2, 0.25) is 0 Å². The van der Waals surface area contributed by atoms with Crippen molar-refractivity contribution < 1.29 is 14.3 Å². The van der Waals surface area contributed by atoms with Crippen LogP contribution in [0.3, 0.4) is 0 Å². The number of amides is 1. The first-order valence-corrected chi connectivity index (χ1v) is 10.4. The Morgan fingerprint density at radius 2 is 1.97 bits per heavy atom. The molecule has 1 fully saturated rings. The molecule has 2 aromatic carbocycles. The lowest BCUT2D eigenvalue weighted by Gasteiger charge is -2.18. The molecule has 3 aromatic rings. The van der Waals surface area contributed by atoms with Crippen LogP contribution in [0, 0.1) is 0 Å². The highest BCUT2D eigenvalue weighted by Gasteiger charge is 2.29. The summed E-state index contributed by atoms with van der Waals surface area (Å²) in [6.07, 6.45) is 0.900. The number of benzene rings is 2. The molecule has 1 N–H and O–H groups in total. The molecule has 1 atom stereocenters. The van der Waals surface area contributed by atoms with Crippen molar-refractivity contribution >= 4 is 11.6 Å². The quantitative estimate of drug-likeness (QED) is 0.631. The van der Waals surface area contributed by atoms with E-state index >= 15 is 0 Å². The molecule has 7 heteroatoms. The van der Waals surface area contributed by atoms with Crippen molar-refractivity contribution in [3.8, 4) is 11.5 Å². The van der Waals surface area contributed by atoms with Gasteiger partial charge < -0.3 is 19.3 Å². The third kappa shape index (κ3) is 4.66. The molecule has 4 rings (SSSR count). The number of aromatic nitrogens is 2. The van der Waals surface area contributed by atoms with Gasteiger partial charge in [0.25, 0.3) is 5.91 Å². The number of carbonyl (C=O) groups excluding carboxylic acids is 1. The Labute approximate surface area is 182 Å². The van der Waals surface area contributed by atoms with Crippen molar-refractivity contribution in [2.24, 2.45) is 0 Å². The number of hydrogen-bond donors (Lipinski definition) is 1. The lowest BCUT2D eigenvalue weighted by atomic mass is 10.1. The number of methoxy groups -OCH3 is 1. The zero-order valence-electron chi connectivity index (χ0n) is 18.2. The SMILES string of the molecule is COc1ccccc1OCc1cc(C2CCN(C(=O)c3cccc(N(C)C)c3)C2)n[nH]1. The van der Waals surface area contributed by atoms with Gasteiger partial charge in [-0.05, 0) is 42.8 Å². The summed E-state index contributed by atoms with van der Waals surface area (Å²) in [6, 6.07) is 17.3. The molecule has 1 aliphatic heterocycles. The third-order valence-corrected chi connectivity index (χ3v) is 5.61. The minimum Gasteiger partial charge on any atom is -0.493 e. The van der Waals surface area contributed by atoms with Crippen molar-refractivity contribution in [2.45, 2.75) is 18.9 Å². The van der Waals surface area contributed by atoms with Crippen LogP contribution in [0.4, 0.5) is 5.69 Å². The number of likely N-dealkylation sites (tertiary alicyclic amines) is 1. The van der Waals surface area contributed by atoms with E-state index in [4.69, 9.17) is 9.47 Å². The summed E-state index contributed by atoms with van der Waals surface area (Å²) in [5, 5.41) is 7.54. The molecule has 0 spiro atoms. The standard InChI is InChI=1S/C24H28N4O3/c1-27(2)20-8-6-7-17(13-20)24(29)28-12-11-18(15-28)21-14-19(25-26-21)16-31-23-10-5-4-9-22(23)30-3/h4-10,13-14,18H,11-12,15-16H2,1-3H3,(H,25,26). The first-order chi connectivity index (χ1) is 15.0. The second-order valence-corrected chi connectivity index (χ2v) is 7.94. The number of H-pyrrole nitrogens is 1. The molecule has 0 aliphatic carbocycles. The number of carbonyl (C=O) groups is 1. The van der Waals surface area contributed by atoms with E-state index in [0.717, 1.165) is 35.6 Å². The zero-order chi connectivity index (χ0) is 21.8. The van der Waals surface area contributed by atoms with Crippen LogP contribution >= 0.6 is 0 Å². The Bertz CT molecular complexity index is 1050. The van der Waals surface area contributed by atoms with Crippen LogP contribution in [-0.2, 0) is 6.61 Å². The van der Waals surface area contributed by atoms with Gasteiger partial charge >= 0.3 is 0 Å². The van der Waals surface area contributed by atoms with Gasteiger partial charge in [-0.2, -0.15) is 5.10 Å². The van der Waals surface area contributed by atoms with Crippen LogP contribution in [0.15, 0.2) is 54.6 Å². The Balaban J connectivity index is 1.37. The highest BCUT2D eigenvalue weighted by atomic mass is 16.5. The van der Waals surface area contributed by atoms with E-state index in [1.165, 1.54) is 0 Å². The minimum absolute atomic E-state index is 0.0708. The molecule has 0 radical (unpaired) electrons. The fourth-order valence-electron chi connectivity index (χ4n) is 3.84. The molecule has 162 valence electrons. The van der Waals surface area contributed by atoms with Gasteiger partial charge in [-0.25, -0.2) is 0 Å². The predicted molar refractivity (Wildman–Crippen MR) is 120 cm³/mol. The van der Waals surface area contributed by atoms with Crippen molar-refractivity contribution in [3.63, 3.8) is 0 Å². The van der Waals surface area contributed by atoms with Crippen molar-refractivity contribution in [1.82, 2.24) is 15.1 Å². The topological polar surface area (TPSA) is 70.7 Å². The smallest absolute Gasteiger partial charge is 0.253 e. The van der Waals surface area contributed by atoms with Crippen molar-refractivity contribution in [2.75, 3.05) is 39.2 Å². The summed E-state index contributed by atoms with van der Waals surface area (Å²) in [4.78, 5) is 16.9. The van der Waals surface area contributed by atoms with E-state index in [2.05, 4.69) is 10.2 Å². The molecule has 31 heavy (non-hydrogen) atoms. The summed E-state index contributed by atoms with van der Waals surface area (Å²) < 4.78 is 11.2. The second-order valence-electron chi connectivity index (χ2n) is 7.94. The molecule has 2 heterocycles. The maximum Gasteiger partial charge on any atom is 0.253 e. The van der Waals surface area contributed by atoms with E-state index in [9.17, 15) is 4.79 Å². The molecule has 1 aliphatic rings. The van der Waals surface area contributed by atoms with Crippen molar-refractivity contribution in [1.29, 1.82) is 0 Å². The lowest BCUT2D eigenvalue weighted by molar-refractivity contribution is 0.0790. The average molecular weight is 421 g/mol. The van der Waals surface area contributed by atoms with E-state index in [-0.39, 0.29) is 11.8 Å².